The van der Waals surface area contributed by atoms with E-state index in [0.717, 1.165) is 16.3 Å². The first kappa shape index (κ1) is 24.8. The van der Waals surface area contributed by atoms with Gasteiger partial charge in [-0.05, 0) is 35.4 Å². The van der Waals surface area contributed by atoms with Crippen LogP contribution in [-0.4, -0.2) is 32.6 Å². The summed E-state index contributed by atoms with van der Waals surface area (Å²) >= 11 is 0. The Morgan fingerprint density at radius 1 is 0.778 bits per heavy atom. The quantitative estimate of drug-likeness (QED) is 0.297. The summed E-state index contributed by atoms with van der Waals surface area (Å²) in [7, 11) is 3.00. The summed E-state index contributed by atoms with van der Waals surface area (Å²) in [6.45, 7) is 2.13. The van der Waals surface area contributed by atoms with Crippen molar-refractivity contribution in [1.29, 1.82) is 0 Å². The zero-order valence-electron chi connectivity index (χ0n) is 20.5. The third kappa shape index (κ3) is 5.64. The first-order valence-electron chi connectivity index (χ1n) is 11.6. The van der Waals surface area contributed by atoms with Gasteiger partial charge in [-0.15, -0.1) is 0 Å². The summed E-state index contributed by atoms with van der Waals surface area (Å²) < 4.78 is 10.9. The molecule has 0 aliphatic heterocycles. The standard InChI is InChI=1S/C29H29N3O4/c1-19(22-15-9-13-20-10-7-8-14-23(20)22)30-18-28(33)31-24-16-27(36-3)25(17-26(24)35-2)32-29(34)21-11-5-4-6-12-21/h4-17,19,30H,18H2,1-3H3,(H,31,33)(H,32,34). The zero-order valence-corrected chi connectivity index (χ0v) is 20.5. The van der Waals surface area contributed by atoms with Crippen molar-refractivity contribution >= 4 is 34.0 Å². The molecule has 4 aromatic rings. The van der Waals surface area contributed by atoms with E-state index in [1.807, 2.05) is 31.2 Å². The van der Waals surface area contributed by atoms with E-state index >= 15 is 0 Å². The lowest BCUT2D eigenvalue weighted by Gasteiger charge is -2.18. The Kier molecular flexibility index (Phi) is 7.82. The van der Waals surface area contributed by atoms with Gasteiger partial charge in [0.25, 0.3) is 5.91 Å². The second-order valence-electron chi connectivity index (χ2n) is 8.29. The van der Waals surface area contributed by atoms with Crippen molar-refractivity contribution in [1.82, 2.24) is 5.32 Å². The lowest BCUT2D eigenvalue weighted by molar-refractivity contribution is -0.115. The molecule has 0 spiro atoms. The van der Waals surface area contributed by atoms with Crippen LogP contribution in [0.5, 0.6) is 11.5 Å². The van der Waals surface area contributed by atoms with Crippen LogP contribution in [0, 0.1) is 0 Å². The van der Waals surface area contributed by atoms with E-state index in [1.54, 1.807) is 36.4 Å². The fraction of sp³-hybridized carbons (Fsp3) is 0.172. The van der Waals surface area contributed by atoms with Crippen LogP contribution in [0.1, 0.15) is 28.9 Å². The van der Waals surface area contributed by atoms with E-state index in [2.05, 4.69) is 40.2 Å². The molecule has 0 saturated heterocycles. The number of hydrogen-bond acceptors (Lipinski definition) is 5. The van der Waals surface area contributed by atoms with Crippen molar-refractivity contribution in [2.75, 3.05) is 31.4 Å². The number of rotatable bonds is 9. The molecule has 1 atom stereocenters. The Bertz CT molecular complexity index is 1370. The molecule has 4 rings (SSSR count). The summed E-state index contributed by atoms with van der Waals surface area (Å²) in [5.74, 6) is 0.282. The van der Waals surface area contributed by atoms with Gasteiger partial charge in [-0.1, -0.05) is 60.7 Å². The van der Waals surface area contributed by atoms with Gasteiger partial charge < -0.3 is 25.4 Å². The average molecular weight is 484 g/mol. The highest BCUT2D eigenvalue weighted by atomic mass is 16.5. The predicted octanol–water partition coefficient (Wildman–Crippen LogP) is 5.40. The molecule has 0 fully saturated rings. The molecular formula is C29H29N3O4. The smallest absolute Gasteiger partial charge is 0.255 e. The number of methoxy groups -OCH3 is 2. The maximum absolute atomic E-state index is 12.8. The minimum Gasteiger partial charge on any atom is -0.494 e. The lowest BCUT2D eigenvalue weighted by Crippen LogP contribution is -2.30. The average Bonchev–Trinajstić information content (AvgIpc) is 2.92. The largest absolute Gasteiger partial charge is 0.494 e. The van der Waals surface area contributed by atoms with Crippen molar-refractivity contribution in [3.63, 3.8) is 0 Å². The van der Waals surface area contributed by atoms with E-state index in [0.29, 0.717) is 28.4 Å². The molecule has 0 aliphatic carbocycles. The molecule has 7 heteroatoms. The maximum atomic E-state index is 12.8. The molecule has 36 heavy (non-hydrogen) atoms. The molecule has 4 aromatic carbocycles. The summed E-state index contributed by atoms with van der Waals surface area (Å²) in [4.78, 5) is 25.4. The van der Waals surface area contributed by atoms with Crippen LogP contribution in [0.2, 0.25) is 0 Å². The number of ether oxygens (including phenoxy) is 2. The van der Waals surface area contributed by atoms with E-state index in [9.17, 15) is 9.59 Å². The third-order valence-electron chi connectivity index (χ3n) is 5.94. The van der Waals surface area contributed by atoms with Gasteiger partial charge in [-0.2, -0.15) is 0 Å². The van der Waals surface area contributed by atoms with Crippen LogP contribution in [0.3, 0.4) is 0 Å². The van der Waals surface area contributed by atoms with E-state index in [1.165, 1.54) is 14.2 Å². The van der Waals surface area contributed by atoms with Crippen molar-refractivity contribution in [2.24, 2.45) is 0 Å². The Morgan fingerprint density at radius 3 is 2.08 bits per heavy atom. The highest BCUT2D eigenvalue weighted by Gasteiger charge is 2.17. The van der Waals surface area contributed by atoms with Crippen LogP contribution in [0.25, 0.3) is 10.8 Å². The molecule has 0 heterocycles. The summed E-state index contributed by atoms with van der Waals surface area (Å²) in [5, 5.41) is 11.3. The molecule has 7 nitrogen and oxygen atoms in total. The Hall–Kier alpha value is -4.36. The summed E-state index contributed by atoms with van der Waals surface area (Å²) in [6, 6.07) is 26.4. The van der Waals surface area contributed by atoms with Crippen LogP contribution in [0.15, 0.2) is 84.9 Å². The number of amides is 2. The topological polar surface area (TPSA) is 88.7 Å². The van der Waals surface area contributed by atoms with Crippen molar-refractivity contribution in [2.45, 2.75) is 13.0 Å². The number of benzene rings is 4. The van der Waals surface area contributed by atoms with Gasteiger partial charge in [-0.3, -0.25) is 9.59 Å². The summed E-state index contributed by atoms with van der Waals surface area (Å²) in [6.07, 6.45) is 0. The summed E-state index contributed by atoms with van der Waals surface area (Å²) in [5.41, 5.74) is 2.52. The minimum atomic E-state index is -0.278. The number of nitrogens with one attached hydrogen (secondary N) is 3. The maximum Gasteiger partial charge on any atom is 0.255 e. The Labute approximate surface area is 210 Å². The number of fused-ring (bicyclic) bond motifs is 1. The van der Waals surface area contributed by atoms with Crippen molar-refractivity contribution < 1.29 is 19.1 Å². The molecule has 3 N–H and O–H groups in total. The highest BCUT2D eigenvalue weighted by molar-refractivity contribution is 6.05. The van der Waals surface area contributed by atoms with Crippen LogP contribution >= 0.6 is 0 Å². The molecular weight excluding hydrogens is 454 g/mol. The van der Waals surface area contributed by atoms with Gasteiger partial charge in [-0.25, -0.2) is 0 Å². The van der Waals surface area contributed by atoms with E-state index in [-0.39, 0.29) is 24.4 Å². The number of anilines is 2. The molecule has 0 aromatic heterocycles. The first-order valence-corrected chi connectivity index (χ1v) is 11.6. The highest BCUT2D eigenvalue weighted by Crippen LogP contribution is 2.36. The minimum absolute atomic E-state index is 0.0335. The van der Waals surface area contributed by atoms with Gasteiger partial charge in [0, 0.05) is 23.7 Å². The van der Waals surface area contributed by atoms with Crippen LogP contribution < -0.4 is 25.4 Å². The SMILES string of the molecule is COc1cc(NC(=O)c2ccccc2)c(OC)cc1NC(=O)CNC(C)c1cccc2ccccc12. The Balaban J connectivity index is 1.45. The molecule has 0 bridgehead atoms. The zero-order chi connectivity index (χ0) is 25.5. The monoisotopic (exact) mass is 483 g/mol. The molecule has 0 saturated carbocycles. The fourth-order valence-corrected chi connectivity index (χ4v) is 4.06. The second kappa shape index (κ2) is 11.4. The number of carbonyl (C=O) groups excluding carboxylic acids is 2. The predicted molar refractivity (Wildman–Crippen MR) is 143 cm³/mol. The molecule has 2 amide bonds. The fourth-order valence-electron chi connectivity index (χ4n) is 4.06. The second-order valence-corrected chi connectivity index (χ2v) is 8.29. The van der Waals surface area contributed by atoms with Gasteiger partial charge >= 0.3 is 0 Å². The molecule has 0 aliphatic rings. The molecule has 1 unspecified atom stereocenters. The van der Waals surface area contributed by atoms with Crippen molar-refractivity contribution in [3.8, 4) is 11.5 Å². The van der Waals surface area contributed by atoms with E-state index < -0.39 is 0 Å². The molecule has 184 valence electrons. The lowest BCUT2D eigenvalue weighted by atomic mass is 10.00. The number of carbonyl (C=O) groups is 2. The first-order chi connectivity index (χ1) is 17.5. The molecule has 0 radical (unpaired) electrons. The van der Waals surface area contributed by atoms with Gasteiger partial charge in [0.2, 0.25) is 5.91 Å². The number of hydrogen-bond donors (Lipinski definition) is 3. The van der Waals surface area contributed by atoms with E-state index in [4.69, 9.17) is 9.47 Å². The van der Waals surface area contributed by atoms with Gasteiger partial charge in [0.05, 0.1) is 32.1 Å². The third-order valence-corrected chi connectivity index (χ3v) is 5.94. The van der Waals surface area contributed by atoms with Crippen molar-refractivity contribution in [3.05, 3.63) is 96.1 Å². The van der Waals surface area contributed by atoms with Crippen LogP contribution in [0.4, 0.5) is 11.4 Å². The van der Waals surface area contributed by atoms with Gasteiger partial charge in [0.1, 0.15) is 11.5 Å². The van der Waals surface area contributed by atoms with Crippen LogP contribution in [-0.2, 0) is 4.79 Å². The Morgan fingerprint density at radius 2 is 1.39 bits per heavy atom. The normalized spacial score (nSPS) is 11.5. The van der Waals surface area contributed by atoms with Gasteiger partial charge in [0.15, 0.2) is 0 Å².